The van der Waals surface area contributed by atoms with Gasteiger partial charge in [-0.2, -0.15) is 0 Å². The number of rotatable bonds is 5. The van der Waals surface area contributed by atoms with Crippen LogP contribution in [0.5, 0.6) is 11.5 Å². The Bertz CT molecular complexity index is 478. The molecule has 1 N–H and O–H groups in total. The van der Waals surface area contributed by atoms with Gasteiger partial charge in [-0.1, -0.05) is 6.07 Å². The zero-order chi connectivity index (χ0) is 12.8. The van der Waals surface area contributed by atoms with Crippen molar-refractivity contribution in [2.45, 2.75) is 6.54 Å². The number of pyridine rings is 1. The third-order valence-corrected chi connectivity index (χ3v) is 2.55. The molecule has 1 heterocycles. The van der Waals surface area contributed by atoms with E-state index in [4.69, 9.17) is 9.47 Å². The molecule has 0 atom stereocenters. The summed E-state index contributed by atoms with van der Waals surface area (Å²) in [5.41, 5.74) is 1.93. The molecule has 0 unspecified atom stereocenters. The van der Waals surface area contributed by atoms with Crippen molar-refractivity contribution in [3.8, 4) is 11.5 Å². The smallest absolute Gasteiger partial charge is 0.124 e. The van der Waals surface area contributed by atoms with E-state index in [0.717, 1.165) is 22.9 Å². The van der Waals surface area contributed by atoms with Gasteiger partial charge < -0.3 is 14.8 Å². The first kappa shape index (κ1) is 12.2. The maximum Gasteiger partial charge on any atom is 0.124 e. The van der Waals surface area contributed by atoms with E-state index in [-0.39, 0.29) is 0 Å². The monoisotopic (exact) mass is 244 g/mol. The van der Waals surface area contributed by atoms with Gasteiger partial charge in [0.25, 0.3) is 0 Å². The molecule has 2 aromatic rings. The summed E-state index contributed by atoms with van der Waals surface area (Å²) in [6.45, 7) is 0.664. The number of nitrogens with zero attached hydrogens (tertiary/aromatic N) is 1. The SMILES string of the molecule is COc1cc(NCc2ccccn2)cc(OC)c1. The Morgan fingerprint density at radius 2 is 1.78 bits per heavy atom. The van der Waals surface area contributed by atoms with Crippen molar-refractivity contribution in [1.29, 1.82) is 0 Å². The van der Waals surface area contributed by atoms with Gasteiger partial charge in [0.05, 0.1) is 26.5 Å². The Balaban J connectivity index is 2.09. The third kappa shape index (κ3) is 3.13. The van der Waals surface area contributed by atoms with Crippen LogP contribution in [0.25, 0.3) is 0 Å². The lowest BCUT2D eigenvalue weighted by molar-refractivity contribution is 0.394. The van der Waals surface area contributed by atoms with E-state index >= 15 is 0 Å². The molecule has 0 saturated carbocycles. The summed E-state index contributed by atoms with van der Waals surface area (Å²) in [5, 5.41) is 3.29. The Hall–Kier alpha value is -2.23. The van der Waals surface area contributed by atoms with Gasteiger partial charge in [-0.05, 0) is 12.1 Å². The lowest BCUT2D eigenvalue weighted by atomic mass is 10.2. The Morgan fingerprint density at radius 3 is 2.33 bits per heavy atom. The summed E-state index contributed by atoms with van der Waals surface area (Å²) in [6, 6.07) is 11.5. The molecule has 4 nitrogen and oxygen atoms in total. The number of methoxy groups -OCH3 is 2. The lowest BCUT2D eigenvalue weighted by Crippen LogP contribution is -2.01. The molecule has 0 radical (unpaired) electrons. The van der Waals surface area contributed by atoms with Gasteiger partial charge in [0.1, 0.15) is 11.5 Å². The highest BCUT2D eigenvalue weighted by Crippen LogP contribution is 2.25. The van der Waals surface area contributed by atoms with E-state index in [2.05, 4.69) is 10.3 Å². The molecule has 0 saturated heterocycles. The molecule has 0 amide bonds. The van der Waals surface area contributed by atoms with Crippen LogP contribution in [0, 0.1) is 0 Å². The maximum atomic E-state index is 5.21. The number of anilines is 1. The number of aromatic nitrogens is 1. The minimum absolute atomic E-state index is 0.664. The molecule has 1 aromatic heterocycles. The first-order chi connectivity index (χ1) is 8.81. The van der Waals surface area contributed by atoms with E-state index in [1.54, 1.807) is 20.4 Å². The van der Waals surface area contributed by atoms with Crippen LogP contribution in [0.1, 0.15) is 5.69 Å². The first-order valence-electron chi connectivity index (χ1n) is 5.68. The Labute approximate surface area is 107 Å². The largest absolute Gasteiger partial charge is 0.497 e. The molecular weight excluding hydrogens is 228 g/mol. The van der Waals surface area contributed by atoms with Crippen molar-refractivity contribution in [3.63, 3.8) is 0 Å². The van der Waals surface area contributed by atoms with Gasteiger partial charge in [-0.15, -0.1) is 0 Å². The summed E-state index contributed by atoms with van der Waals surface area (Å²) < 4.78 is 10.4. The van der Waals surface area contributed by atoms with Gasteiger partial charge >= 0.3 is 0 Å². The van der Waals surface area contributed by atoms with Crippen LogP contribution in [0.2, 0.25) is 0 Å². The Kier molecular flexibility index (Phi) is 4.02. The van der Waals surface area contributed by atoms with Crippen molar-refractivity contribution in [2.24, 2.45) is 0 Å². The van der Waals surface area contributed by atoms with E-state index < -0.39 is 0 Å². The number of ether oxygens (including phenoxy) is 2. The fraction of sp³-hybridized carbons (Fsp3) is 0.214. The van der Waals surface area contributed by atoms with E-state index in [1.807, 2.05) is 36.4 Å². The highest BCUT2D eigenvalue weighted by atomic mass is 16.5. The molecule has 18 heavy (non-hydrogen) atoms. The number of hydrogen-bond donors (Lipinski definition) is 1. The van der Waals surface area contributed by atoms with Gasteiger partial charge in [-0.25, -0.2) is 0 Å². The van der Waals surface area contributed by atoms with Gasteiger partial charge in [0.2, 0.25) is 0 Å². The van der Waals surface area contributed by atoms with Crippen molar-refractivity contribution in [1.82, 2.24) is 4.98 Å². The van der Waals surface area contributed by atoms with Crippen LogP contribution in [0.3, 0.4) is 0 Å². The van der Waals surface area contributed by atoms with Gasteiger partial charge in [0.15, 0.2) is 0 Å². The van der Waals surface area contributed by atoms with Crippen LogP contribution in [0.4, 0.5) is 5.69 Å². The van der Waals surface area contributed by atoms with Crippen LogP contribution in [-0.4, -0.2) is 19.2 Å². The first-order valence-corrected chi connectivity index (χ1v) is 5.68. The number of nitrogens with one attached hydrogen (secondary N) is 1. The molecule has 4 heteroatoms. The highest BCUT2D eigenvalue weighted by molar-refractivity contribution is 5.53. The van der Waals surface area contributed by atoms with E-state index in [9.17, 15) is 0 Å². The number of hydrogen-bond acceptors (Lipinski definition) is 4. The van der Waals surface area contributed by atoms with Gasteiger partial charge in [0, 0.05) is 30.1 Å². The zero-order valence-electron chi connectivity index (χ0n) is 10.5. The molecule has 2 rings (SSSR count). The average Bonchev–Trinajstić information content (AvgIpc) is 2.45. The van der Waals surface area contributed by atoms with Crippen molar-refractivity contribution >= 4 is 5.69 Å². The standard InChI is InChI=1S/C14H16N2O2/c1-17-13-7-12(8-14(9-13)18-2)16-10-11-5-3-4-6-15-11/h3-9,16H,10H2,1-2H3. The predicted molar refractivity (Wildman–Crippen MR) is 71.1 cm³/mol. The lowest BCUT2D eigenvalue weighted by Gasteiger charge is -2.10. The molecule has 0 bridgehead atoms. The normalized spacial score (nSPS) is 9.89. The molecule has 94 valence electrons. The van der Waals surface area contributed by atoms with Crippen molar-refractivity contribution < 1.29 is 9.47 Å². The van der Waals surface area contributed by atoms with Gasteiger partial charge in [-0.3, -0.25) is 4.98 Å². The topological polar surface area (TPSA) is 43.4 Å². The maximum absolute atomic E-state index is 5.21. The fourth-order valence-electron chi connectivity index (χ4n) is 1.60. The molecule has 0 aliphatic rings. The molecule has 0 aliphatic heterocycles. The minimum atomic E-state index is 0.664. The van der Waals surface area contributed by atoms with Crippen LogP contribution >= 0.6 is 0 Å². The Morgan fingerprint density at radius 1 is 1.06 bits per heavy atom. The molecular formula is C14H16N2O2. The summed E-state index contributed by atoms with van der Waals surface area (Å²) in [4.78, 5) is 4.25. The summed E-state index contributed by atoms with van der Waals surface area (Å²) in [6.07, 6.45) is 1.78. The quantitative estimate of drug-likeness (QED) is 0.878. The second kappa shape index (κ2) is 5.91. The second-order valence-corrected chi connectivity index (χ2v) is 3.78. The van der Waals surface area contributed by atoms with Crippen molar-refractivity contribution in [3.05, 3.63) is 48.3 Å². The molecule has 0 aliphatic carbocycles. The zero-order valence-corrected chi connectivity index (χ0v) is 10.5. The van der Waals surface area contributed by atoms with Crippen LogP contribution in [-0.2, 0) is 6.54 Å². The van der Waals surface area contributed by atoms with Crippen LogP contribution < -0.4 is 14.8 Å². The molecule has 0 fully saturated rings. The van der Waals surface area contributed by atoms with E-state index in [0.29, 0.717) is 6.54 Å². The average molecular weight is 244 g/mol. The van der Waals surface area contributed by atoms with Crippen molar-refractivity contribution in [2.75, 3.05) is 19.5 Å². The summed E-state index contributed by atoms with van der Waals surface area (Å²) in [5.74, 6) is 1.52. The van der Waals surface area contributed by atoms with Crippen LogP contribution in [0.15, 0.2) is 42.6 Å². The molecule has 0 spiro atoms. The summed E-state index contributed by atoms with van der Waals surface area (Å²) in [7, 11) is 3.27. The van der Waals surface area contributed by atoms with E-state index in [1.165, 1.54) is 0 Å². The fourth-order valence-corrected chi connectivity index (χ4v) is 1.60. The summed E-state index contributed by atoms with van der Waals surface area (Å²) >= 11 is 0. The number of benzene rings is 1. The molecule has 1 aromatic carbocycles. The highest BCUT2D eigenvalue weighted by Gasteiger charge is 2.01. The second-order valence-electron chi connectivity index (χ2n) is 3.78. The predicted octanol–water partition coefficient (Wildman–Crippen LogP) is 2.71. The third-order valence-electron chi connectivity index (χ3n) is 2.55. The minimum Gasteiger partial charge on any atom is -0.497 e.